The summed E-state index contributed by atoms with van der Waals surface area (Å²) in [7, 11) is 1.31. The van der Waals surface area contributed by atoms with Crippen LogP contribution in [0.4, 0.5) is 4.39 Å². The number of ether oxygens (including phenoxy) is 1. The molecule has 1 unspecified atom stereocenters. The first-order valence-electron chi connectivity index (χ1n) is 5.87. The molecular formula is C13H16FNO4. The number of carbonyl (C=O) groups excluding carboxylic acids is 1. The fraction of sp³-hybridized carbons (Fsp3) is 0.385. The highest BCUT2D eigenvalue weighted by atomic mass is 19.1. The van der Waals surface area contributed by atoms with Crippen LogP contribution < -0.4 is 10.1 Å². The van der Waals surface area contributed by atoms with Gasteiger partial charge in [0.15, 0.2) is 0 Å². The quantitative estimate of drug-likeness (QED) is 0.826. The van der Waals surface area contributed by atoms with Gasteiger partial charge < -0.3 is 15.2 Å². The van der Waals surface area contributed by atoms with Crippen LogP contribution in [0, 0.1) is 5.82 Å². The average molecular weight is 269 g/mol. The van der Waals surface area contributed by atoms with Crippen molar-refractivity contribution in [2.75, 3.05) is 7.11 Å². The lowest BCUT2D eigenvalue weighted by Crippen LogP contribution is -2.41. The van der Waals surface area contributed by atoms with Crippen molar-refractivity contribution in [3.8, 4) is 5.75 Å². The lowest BCUT2D eigenvalue weighted by Gasteiger charge is -2.15. The first-order chi connectivity index (χ1) is 9.01. The highest BCUT2D eigenvalue weighted by Crippen LogP contribution is 2.21. The molecule has 1 rings (SSSR count). The Kier molecular flexibility index (Phi) is 5.29. The van der Waals surface area contributed by atoms with Crippen LogP contribution >= 0.6 is 0 Å². The van der Waals surface area contributed by atoms with Crippen LogP contribution in [0.1, 0.15) is 30.1 Å². The number of aliphatic carboxylic acids is 1. The summed E-state index contributed by atoms with van der Waals surface area (Å²) in [5, 5.41) is 11.2. The van der Waals surface area contributed by atoms with Gasteiger partial charge in [-0.2, -0.15) is 0 Å². The molecule has 0 saturated carbocycles. The average Bonchev–Trinajstić information content (AvgIpc) is 2.37. The summed E-state index contributed by atoms with van der Waals surface area (Å²) in [6.07, 6.45) is 0.865. The van der Waals surface area contributed by atoms with E-state index in [0.29, 0.717) is 6.42 Å². The van der Waals surface area contributed by atoms with Crippen LogP contribution in [-0.4, -0.2) is 30.1 Å². The number of benzene rings is 1. The van der Waals surface area contributed by atoms with Gasteiger partial charge in [-0.3, -0.25) is 4.79 Å². The topological polar surface area (TPSA) is 75.6 Å². The van der Waals surface area contributed by atoms with Crippen molar-refractivity contribution in [1.82, 2.24) is 5.32 Å². The Bertz CT molecular complexity index is 476. The molecule has 1 aromatic rings. The number of carboxylic acid groups (broad SMARTS) is 1. The number of carboxylic acids is 1. The molecule has 0 aliphatic heterocycles. The number of methoxy groups -OCH3 is 1. The Labute approximate surface area is 110 Å². The molecule has 6 heteroatoms. The second-order valence-electron chi connectivity index (χ2n) is 3.97. The van der Waals surface area contributed by atoms with Gasteiger partial charge in [0, 0.05) is 0 Å². The second kappa shape index (κ2) is 6.72. The van der Waals surface area contributed by atoms with E-state index in [2.05, 4.69) is 5.32 Å². The summed E-state index contributed by atoms with van der Waals surface area (Å²) in [4.78, 5) is 22.9. The Balaban J connectivity index is 2.97. The van der Waals surface area contributed by atoms with Crippen molar-refractivity contribution in [3.05, 3.63) is 29.6 Å². The number of nitrogens with one attached hydrogen (secondary N) is 1. The molecule has 0 saturated heterocycles. The first kappa shape index (κ1) is 14.9. The molecule has 0 fully saturated rings. The van der Waals surface area contributed by atoms with E-state index in [1.165, 1.54) is 19.2 Å². The molecule has 0 bridgehead atoms. The zero-order valence-electron chi connectivity index (χ0n) is 10.8. The number of hydrogen-bond donors (Lipinski definition) is 2. The van der Waals surface area contributed by atoms with Crippen molar-refractivity contribution < 1.29 is 23.8 Å². The number of carbonyl (C=O) groups is 2. The van der Waals surface area contributed by atoms with E-state index in [-0.39, 0.29) is 17.7 Å². The molecule has 1 amide bonds. The minimum absolute atomic E-state index is 0.0677. The molecular weight excluding hydrogens is 253 g/mol. The van der Waals surface area contributed by atoms with Crippen LogP contribution in [0.5, 0.6) is 5.75 Å². The molecule has 1 aromatic carbocycles. The molecule has 0 aliphatic carbocycles. The monoisotopic (exact) mass is 269 g/mol. The van der Waals surface area contributed by atoms with E-state index >= 15 is 0 Å². The highest BCUT2D eigenvalue weighted by Gasteiger charge is 2.23. The van der Waals surface area contributed by atoms with Crippen molar-refractivity contribution in [3.63, 3.8) is 0 Å². The maximum absolute atomic E-state index is 13.6. The minimum Gasteiger partial charge on any atom is -0.496 e. The Morgan fingerprint density at radius 3 is 2.68 bits per heavy atom. The van der Waals surface area contributed by atoms with E-state index in [4.69, 9.17) is 9.84 Å². The molecule has 0 radical (unpaired) electrons. The molecule has 1 atom stereocenters. The molecule has 104 valence electrons. The summed E-state index contributed by atoms with van der Waals surface area (Å²) < 4.78 is 18.5. The fourth-order valence-electron chi connectivity index (χ4n) is 1.67. The number of rotatable bonds is 6. The van der Waals surface area contributed by atoms with Crippen LogP contribution in [0.25, 0.3) is 0 Å². The minimum atomic E-state index is -1.15. The zero-order valence-corrected chi connectivity index (χ0v) is 10.8. The van der Waals surface area contributed by atoms with Crippen molar-refractivity contribution in [2.45, 2.75) is 25.8 Å². The molecule has 5 nitrogen and oxygen atoms in total. The van der Waals surface area contributed by atoms with Crippen LogP contribution in [0.15, 0.2) is 18.2 Å². The molecule has 19 heavy (non-hydrogen) atoms. The largest absolute Gasteiger partial charge is 0.496 e. The van der Waals surface area contributed by atoms with Gasteiger partial charge in [0.05, 0.1) is 7.11 Å². The SMILES string of the molecule is CCCC(NC(=O)c1c(F)cccc1OC)C(=O)O. The van der Waals surface area contributed by atoms with Crippen molar-refractivity contribution in [1.29, 1.82) is 0 Å². The lowest BCUT2D eigenvalue weighted by atomic mass is 10.1. The standard InChI is InChI=1S/C13H16FNO4/c1-3-5-9(13(17)18)15-12(16)11-8(14)6-4-7-10(11)19-2/h4,6-7,9H,3,5H2,1-2H3,(H,15,16)(H,17,18). The fourth-order valence-corrected chi connectivity index (χ4v) is 1.67. The molecule has 0 heterocycles. The van der Waals surface area contributed by atoms with Gasteiger partial charge in [0.25, 0.3) is 5.91 Å². The van der Waals surface area contributed by atoms with E-state index in [1.807, 2.05) is 0 Å². The number of amides is 1. The lowest BCUT2D eigenvalue weighted by molar-refractivity contribution is -0.139. The Morgan fingerprint density at radius 1 is 1.47 bits per heavy atom. The van der Waals surface area contributed by atoms with E-state index in [1.54, 1.807) is 6.92 Å². The summed E-state index contributed by atoms with van der Waals surface area (Å²) in [5.74, 6) is -2.63. The predicted molar refractivity (Wildman–Crippen MR) is 66.8 cm³/mol. The van der Waals surface area contributed by atoms with E-state index in [0.717, 1.165) is 6.07 Å². The Hall–Kier alpha value is -2.11. The molecule has 0 aliphatic rings. The van der Waals surface area contributed by atoms with Crippen LogP contribution in [0.3, 0.4) is 0 Å². The van der Waals surface area contributed by atoms with E-state index < -0.39 is 23.7 Å². The summed E-state index contributed by atoms with van der Waals surface area (Å²) >= 11 is 0. The van der Waals surface area contributed by atoms with Gasteiger partial charge in [-0.25, -0.2) is 9.18 Å². The van der Waals surface area contributed by atoms with Gasteiger partial charge in [-0.05, 0) is 18.6 Å². The highest BCUT2D eigenvalue weighted by molar-refractivity contribution is 5.99. The second-order valence-corrected chi connectivity index (χ2v) is 3.97. The van der Waals surface area contributed by atoms with Gasteiger partial charge in [0.1, 0.15) is 23.2 Å². The smallest absolute Gasteiger partial charge is 0.326 e. The molecule has 2 N–H and O–H groups in total. The van der Waals surface area contributed by atoms with E-state index in [9.17, 15) is 14.0 Å². The maximum atomic E-state index is 13.6. The van der Waals surface area contributed by atoms with Gasteiger partial charge in [-0.1, -0.05) is 19.4 Å². The summed E-state index contributed by atoms with van der Waals surface area (Å²) in [6.45, 7) is 1.80. The maximum Gasteiger partial charge on any atom is 0.326 e. The number of halogens is 1. The third kappa shape index (κ3) is 3.67. The van der Waals surface area contributed by atoms with Gasteiger partial charge >= 0.3 is 5.97 Å². The third-order valence-corrected chi connectivity index (χ3v) is 2.60. The van der Waals surface area contributed by atoms with Crippen molar-refractivity contribution in [2.24, 2.45) is 0 Å². The molecule has 0 spiro atoms. The first-order valence-corrected chi connectivity index (χ1v) is 5.87. The normalized spacial score (nSPS) is 11.7. The van der Waals surface area contributed by atoms with Crippen LogP contribution in [-0.2, 0) is 4.79 Å². The Morgan fingerprint density at radius 2 is 2.16 bits per heavy atom. The predicted octanol–water partition coefficient (Wildman–Crippen LogP) is 1.82. The molecule has 0 aromatic heterocycles. The van der Waals surface area contributed by atoms with Gasteiger partial charge in [0.2, 0.25) is 0 Å². The summed E-state index contributed by atoms with van der Waals surface area (Å²) in [5.41, 5.74) is -0.285. The van der Waals surface area contributed by atoms with Crippen molar-refractivity contribution >= 4 is 11.9 Å². The zero-order chi connectivity index (χ0) is 14.4. The summed E-state index contributed by atoms with van der Waals surface area (Å²) in [6, 6.07) is 2.92. The third-order valence-electron chi connectivity index (χ3n) is 2.60. The van der Waals surface area contributed by atoms with Crippen LogP contribution in [0.2, 0.25) is 0 Å². The van der Waals surface area contributed by atoms with Gasteiger partial charge in [-0.15, -0.1) is 0 Å². The number of hydrogen-bond acceptors (Lipinski definition) is 3.